The first-order valence-electron chi connectivity index (χ1n) is 9.76. The van der Waals surface area contributed by atoms with Crippen molar-refractivity contribution in [2.24, 2.45) is 4.99 Å². The highest BCUT2D eigenvalue weighted by molar-refractivity contribution is 6.10. The summed E-state index contributed by atoms with van der Waals surface area (Å²) in [5, 5.41) is 12.4. The number of methoxy groups -OCH3 is 1. The smallest absolute Gasteiger partial charge is 0.145 e. The molecule has 0 bridgehead atoms. The Morgan fingerprint density at radius 2 is 2.15 bits per heavy atom. The Morgan fingerprint density at radius 1 is 1.30 bits per heavy atom. The van der Waals surface area contributed by atoms with Crippen LogP contribution in [0.5, 0.6) is 5.75 Å². The quantitative estimate of drug-likeness (QED) is 0.905. The van der Waals surface area contributed by atoms with Gasteiger partial charge in [-0.3, -0.25) is 9.89 Å². The Labute approximate surface area is 159 Å². The lowest BCUT2D eigenvalue weighted by Gasteiger charge is -2.38. The average Bonchev–Trinajstić information content (AvgIpc) is 3.35. The van der Waals surface area contributed by atoms with Crippen LogP contribution in [0.2, 0.25) is 0 Å². The lowest BCUT2D eigenvalue weighted by molar-refractivity contribution is 0.311. The van der Waals surface area contributed by atoms with Gasteiger partial charge in [-0.25, -0.2) is 4.68 Å². The number of aromatic nitrogens is 3. The van der Waals surface area contributed by atoms with Crippen molar-refractivity contribution in [3.63, 3.8) is 0 Å². The van der Waals surface area contributed by atoms with E-state index in [2.05, 4.69) is 44.7 Å². The van der Waals surface area contributed by atoms with Crippen LogP contribution in [0.4, 0.5) is 5.69 Å². The van der Waals surface area contributed by atoms with Crippen LogP contribution in [-0.4, -0.2) is 53.5 Å². The van der Waals surface area contributed by atoms with Crippen molar-refractivity contribution in [3.05, 3.63) is 29.6 Å². The fourth-order valence-electron chi connectivity index (χ4n) is 4.92. The molecule has 27 heavy (non-hydrogen) atoms. The molecule has 1 N–H and O–H groups in total. The molecular weight excluding hydrogens is 340 g/mol. The first kappa shape index (κ1) is 16.7. The van der Waals surface area contributed by atoms with Crippen LogP contribution < -0.4 is 10.1 Å². The van der Waals surface area contributed by atoms with E-state index in [0.29, 0.717) is 6.04 Å². The van der Waals surface area contributed by atoms with E-state index in [1.807, 2.05) is 17.9 Å². The first-order chi connectivity index (χ1) is 13.2. The maximum atomic E-state index is 5.75. The summed E-state index contributed by atoms with van der Waals surface area (Å²) in [5.41, 5.74) is 4.40. The van der Waals surface area contributed by atoms with E-state index >= 15 is 0 Å². The second-order valence-corrected chi connectivity index (χ2v) is 7.93. The standard InChI is InChI=1S/C20H26N6O/c1-21-19-20(7-5-8-20)13-10-18(27-3)17(11-14(13)22-19)26-12-15(23-24-26)16-6-4-9-25(16)2/h10-12,16H,4-9H2,1-3H3,(H,21,22)/t16-/m0/s1. The van der Waals surface area contributed by atoms with E-state index < -0.39 is 0 Å². The van der Waals surface area contributed by atoms with Crippen LogP contribution >= 0.6 is 0 Å². The molecule has 0 unspecified atom stereocenters. The summed E-state index contributed by atoms with van der Waals surface area (Å²) < 4.78 is 7.59. The number of benzene rings is 1. The minimum Gasteiger partial charge on any atom is -0.494 e. The van der Waals surface area contributed by atoms with Crippen LogP contribution in [0.25, 0.3) is 5.69 Å². The van der Waals surface area contributed by atoms with Gasteiger partial charge in [0.2, 0.25) is 0 Å². The number of hydrogen-bond donors (Lipinski definition) is 1. The van der Waals surface area contributed by atoms with Gasteiger partial charge in [0.05, 0.1) is 24.8 Å². The molecule has 3 heterocycles. The monoisotopic (exact) mass is 366 g/mol. The van der Waals surface area contributed by atoms with E-state index in [0.717, 1.165) is 54.5 Å². The fraction of sp³-hybridized carbons (Fsp3) is 0.550. The topological polar surface area (TPSA) is 67.6 Å². The van der Waals surface area contributed by atoms with Gasteiger partial charge in [-0.2, -0.15) is 0 Å². The maximum absolute atomic E-state index is 5.75. The van der Waals surface area contributed by atoms with Crippen molar-refractivity contribution >= 4 is 11.5 Å². The van der Waals surface area contributed by atoms with Gasteiger partial charge in [0.25, 0.3) is 0 Å². The zero-order valence-corrected chi connectivity index (χ0v) is 16.2. The number of ether oxygens (including phenoxy) is 1. The summed E-state index contributed by atoms with van der Waals surface area (Å²) in [4.78, 5) is 6.87. The number of fused-ring (bicyclic) bond motifs is 2. The van der Waals surface area contributed by atoms with Crippen molar-refractivity contribution in [1.29, 1.82) is 0 Å². The molecule has 1 aliphatic carbocycles. The summed E-state index contributed by atoms with van der Waals surface area (Å²) in [7, 11) is 5.74. The number of anilines is 1. The summed E-state index contributed by atoms with van der Waals surface area (Å²) in [5.74, 6) is 1.91. The highest BCUT2D eigenvalue weighted by atomic mass is 16.5. The highest BCUT2D eigenvalue weighted by Gasteiger charge is 2.49. The third-order valence-electron chi connectivity index (χ3n) is 6.59. The minimum atomic E-state index is 0.0516. The SMILES string of the molecule is CN=C1Nc2cc(-n3cc([C@@H]4CCCN4C)nn3)c(OC)cc2C12CCC2. The molecule has 1 atom stereocenters. The van der Waals surface area contributed by atoms with Crippen molar-refractivity contribution in [3.8, 4) is 11.4 Å². The van der Waals surface area contributed by atoms with Crippen LogP contribution in [0.15, 0.2) is 23.3 Å². The summed E-state index contributed by atoms with van der Waals surface area (Å²) in [6.45, 7) is 1.12. The largest absolute Gasteiger partial charge is 0.494 e. The fourth-order valence-corrected chi connectivity index (χ4v) is 4.92. The number of likely N-dealkylation sites (tertiary alicyclic amines) is 1. The zero-order valence-electron chi connectivity index (χ0n) is 16.2. The van der Waals surface area contributed by atoms with Gasteiger partial charge in [0.1, 0.15) is 23.0 Å². The van der Waals surface area contributed by atoms with Crippen LogP contribution in [0.3, 0.4) is 0 Å². The molecule has 142 valence electrons. The molecule has 5 rings (SSSR count). The van der Waals surface area contributed by atoms with Crippen LogP contribution in [0.1, 0.15) is 49.4 Å². The second kappa shape index (κ2) is 6.05. The van der Waals surface area contributed by atoms with Crippen molar-refractivity contribution in [1.82, 2.24) is 19.9 Å². The van der Waals surface area contributed by atoms with E-state index in [4.69, 9.17) is 4.74 Å². The predicted molar refractivity (Wildman–Crippen MR) is 105 cm³/mol. The van der Waals surface area contributed by atoms with Gasteiger partial charge in [-0.15, -0.1) is 5.10 Å². The van der Waals surface area contributed by atoms with Gasteiger partial charge < -0.3 is 10.1 Å². The molecule has 2 aromatic rings. The van der Waals surface area contributed by atoms with E-state index in [9.17, 15) is 0 Å². The first-order valence-corrected chi connectivity index (χ1v) is 9.76. The zero-order chi connectivity index (χ0) is 18.6. The molecular formula is C20H26N6O. The van der Waals surface area contributed by atoms with Crippen LogP contribution in [-0.2, 0) is 5.41 Å². The number of nitrogens with one attached hydrogen (secondary N) is 1. The number of nitrogens with zero attached hydrogens (tertiary/aromatic N) is 5. The van der Waals surface area contributed by atoms with Gasteiger partial charge in [-0.1, -0.05) is 11.6 Å². The van der Waals surface area contributed by atoms with Gasteiger partial charge in [-0.05, 0) is 57.0 Å². The van der Waals surface area contributed by atoms with Gasteiger partial charge in [0, 0.05) is 12.7 Å². The molecule has 1 spiro atoms. The molecule has 1 aromatic heterocycles. The number of amidine groups is 1. The lowest BCUT2D eigenvalue weighted by Crippen LogP contribution is -2.41. The predicted octanol–water partition coefficient (Wildman–Crippen LogP) is 2.92. The normalized spacial score (nSPS) is 24.9. The molecule has 7 heteroatoms. The molecule has 1 saturated carbocycles. The van der Waals surface area contributed by atoms with Crippen molar-refractivity contribution in [2.75, 3.05) is 33.1 Å². The molecule has 2 fully saturated rings. The minimum absolute atomic E-state index is 0.0516. The van der Waals surface area contributed by atoms with E-state index in [-0.39, 0.29) is 5.41 Å². The third kappa shape index (κ3) is 2.34. The Balaban J connectivity index is 1.56. The Hall–Kier alpha value is -2.41. The van der Waals surface area contributed by atoms with Crippen molar-refractivity contribution in [2.45, 2.75) is 43.6 Å². The Morgan fingerprint density at radius 3 is 2.78 bits per heavy atom. The molecule has 7 nitrogen and oxygen atoms in total. The number of hydrogen-bond acceptors (Lipinski definition) is 5. The van der Waals surface area contributed by atoms with Crippen molar-refractivity contribution < 1.29 is 4.74 Å². The van der Waals surface area contributed by atoms with Gasteiger partial charge in [0.15, 0.2) is 0 Å². The highest BCUT2D eigenvalue weighted by Crippen LogP contribution is 2.53. The summed E-state index contributed by atoms with van der Waals surface area (Å²) >= 11 is 0. The number of aliphatic imine (C=N–C) groups is 1. The second-order valence-electron chi connectivity index (χ2n) is 7.93. The van der Waals surface area contributed by atoms with Gasteiger partial charge >= 0.3 is 0 Å². The number of rotatable bonds is 3. The van der Waals surface area contributed by atoms with E-state index in [1.54, 1.807) is 7.11 Å². The summed E-state index contributed by atoms with van der Waals surface area (Å²) in [6, 6.07) is 4.65. The summed E-state index contributed by atoms with van der Waals surface area (Å²) in [6.07, 6.45) is 7.91. The molecule has 0 radical (unpaired) electrons. The molecule has 2 aliphatic heterocycles. The lowest BCUT2D eigenvalue weighted by atomic mass is 9.65. The average molecular weight is 366 g/mol. The molecule has 1 aromatic carbocycles. The Bertz CT molecular complexity index is 913. The molecule has 0 amide bonds. The van der Waals surface area contributed by atoms with Crippen LogP contribution in [0, 0.1) is 0 Å². The maximum Gasteiger partial charge on any atom is 0.145 e. The van der Waals surface area contributed by atoms with E-state index in [1.165, 1.54) is 18.4 Å². The molecule has 1 saturated heterocycles. The third-order valence-corrected chi connectivity index (χ3v) is 6.59. The Kier molecular flexibility index (Phi) is 3.75. The molecule has 3 aliphatic rings.